The summed E-state index contributed by atoms with van der Waals surface area (Å²) >= 11 is 0. The highest BCUT2D eigenvalue weighted by Crippen LogP contribution is 2.12. The molecule has 0 aliphatic heterocycles. The number of carbonyl (C=O) groups excluding carboxylic acids is 1. The van der Waals surface area contributed by atoms with Crippen LogP contribution in [0.1, 0.15) is 5.56 Å². The number of hydrogen-bond acceptors (Lipinski definition) is 5. The number of nitriles is 1. The zero-order valence-corrected chi connectivity index (χ0v) is 13.7. The smallest absolute Gasteiger partial charge is 0.257 e. The summed E-state index contributed by atoms with van der Waals surface area (Å²) in [7, 11) is -3.97. The van der Waals surface area contributed by atoms with Gasteiger partial charge in [-0.25, -0.2) is 13.4 Å². The number of hydrogen-bond donors (Lipinski definition) is 2. The highest BCUT2D eigenvalue weighted by Gasteiger charge is 2.16. The first-order valence-corrected chi connectivity index (χ1v) is 8.68. The van der Waals surface area contributed by atoms with E-state index in [2.05, 4.69) is 10.4 Å². The number of nitrogens with zero attached hydrogens (tertiary/aromatic N) is 3. The standard InChI is InChI=1S/C16H13N5O3S/c17-9-12-4-3-5-13(8-12)25(23,24)20-19-16(22)10-21-11-18-14-6-1-2-7-15(14)21/h1-8,11,20H,10H2,(H,19,22). The van der Waals surface area contributed by atoms with Crippen LogP contribution in [0.15, 0.2) is 59.8 Å². The predicted octanol–water partition coefficient (Wildman–Crippen LogP) is 0.918. The summed E-state index contributed by atoms with van der Waals surface area (Å²) in [6.45, 7) is -0.0960. The molecule has 3 rings (SSSR count). The van der Waals surface area contributed by atoms with Gasteiger partial charge in [0, 0.05) is 0 Å². The molecule has 0 spiro atoms. The molecule has 0 saturated carbocycles. The number of nitrogens with one attached hydrogen (secondary N) is 2. The average molecular weight is 355 g/mol. The molecular weight excluding hydrogens is 342 g/mol. The van der Waals surface area contributed by atoms with Crippen LogP contribution in [0.3, 0.4) is 0 Å². The Hall–Kier alpha value is -3.22. The van der Waals surface area contributed by atoms with Gasteiger partial charge in [-0.15, -0.1) is 4.83 Å². The van der Waals surface area contributed by atoms with Gasteiger partial charge in [-0.05, 0) is 30.3 Å². The van der Waals surface area contributed by atoms with Gasteiger partial charge in [0.05, 0.1) is 33.9 Å². The molecular formula is C16H13N5O3S. The lowest BCUT2D eigenvalue weighted by Gasteiger charge is -2.09. The maximum absolute atomic E-state index is 12.2. The van der Waals surface area contributed by atoms with Crippen molar-refractivity contribution in [2.45, 2.75) is 11.4 Å². The van der Waals surface area contributed by atoms with E-state index in [-0.39, 0.29) is 17.0 Å². The number of aromatic nitrogens is 2. The Morgan fingerprint density at radius 1 is 1.20 bits per heavy atom. The van der Waals surface area contributed by atoms with Crippen molar-refractivity contribution < 1.29 is 13.2 Å². The Morgan fingerprint density at radius 2 is 2.00 bits per heavy atom. The van der Waals surface area contributed by atoms with Crippen LogP contribution in [0.25, 0.3) is 11.0 Å². The van der Waals surface area contributed by atoms with Crippen molar-refractivity contribution in [3.05, 3.63) is 60.4 Å². The first-order valence-electron chi connectivity index (χ1n) is 7.20. The van der Waals surface area contributed by atoms with E-state index >= 15 is 0 Å². The highest BCUT2D eigenvalue weighted by atomic mass is 32.2. The third-order valence-corrected chi connectivity index (χ3v) is 4.68. The van der Waals surface area contributed by atoms with Crippen LogP contribution < -0.4 is 10.3 Å². The first-order chi connectivity index (χ1) is 12.0. The number of hydrazine groups is 1. The third-order valence-electron chi connectivity index (χ3n) is 3.44. The average Bonchev–Trinajstić information content (AvgIpc) is 3.03. The monoisotopic (exact) mass is 355 g/mol. The van der Waals surface area contributed by atoms with E-state index in [0.717, 1.165) is 11.0 Å². The minimum absolute atomic E-state index is 0.0960. The fourth-order valence-electron chi connectivity index (χ4n) is 2.25. The minimum atomic E-state index is -3.97. The molecule has 0 aliphatic rings. The number of amides is 1. The first kappa shape index (κ1) is 16.6. The predicted molar refractivity (Wildman–Crippen MR) is 89.4 cm³/mol. The number of imidazole rings is 1. The molecule has 0 unspecified atom stereocenters. The Bertz CT molecular complexity index is 1080. The summed E-state index contributed by atoms with van der Waals surface area (Å²) in [5.74, 6) is -0.553. The molecule has 2 N–H and O–H groups in total. The molecule has 1 heterocycles. The van der Waals surface area contributed by atoms with Crippen LogP contribution in [0.5, 0.6) is 0 Å². The molecule has 8 nitrogen and oxygen atoms in total. The summed E-state index contributed by atoms with van der Waals surface area (Å²) in [6.07, 6.45) is 1.51. The van der Waals surface area contributed by atoms with E-state index in [0.29, 0.717) is 0 Å². The van der Waals surface area contributed by atoms with Crippen molar-refractivity contribution in [1.29, 1.82) is 5.26 Å². The lowest BCUT2D eigenvalue weighted by molar-refractivity contribution is -0.122. The zero-order valence-electron chi connectivity index (χ0n) is 12.9. The SMILES string of the molecule is N#Cc1cccc(S(=O)(=O)NNC(=O)Cn2cnc3ccccc32)c1. The van der Waals surface area contributed by atoms with Crippen molar-refractivity contribution in [1.82, 2.24) is 19.8 Å². The van der Waals surface area contributed by atoms with E-state index in [1.54, 1.807) is 4.57 Å². The molecule has 126 valence electrons. The molecule has 2 aromatic carbocycles. The van der Waals surface area contributed by atoms with Crippen molar-refractivity contribution >= 4 is 27.0 Å². The molecule has 0 radical (unpaired) electrons. The van der Waals surface area contributed by atoms with Crippen LogP contribution >= 0.6 is 0 Å². The fraction of sp³-hybridized carbons (Fsp3) is 0.0625. The van der Waals surface area contributed by atoms with Gasteiger partial charge >= 0.3 is 0 Å². The van der Waals surface area contributed by atoms with Gasteiger partial charge < -0.3 is 4.57 Å². The molecule has 3 aromatic rings. The Labute approximate surface area is 143 Å². The zero-order chi connectivity index (χ0) is 17.9. The molecule has 9 heteroatoms. The van der Waals surface area contributed by atoms with Gasteiger partial charge in [0.15, 0.2) is 0 Å². The topological polar surface area (TPSA) is 117 Å². The van der Waals surface area contributed by atoms with Gasteiger partial charge in [-0.3, -0.25) is 10.2 Å². The molecule has 1 aromatic heterocycles. The number of carbonyl (C=O) groups is 1. The molecule has 0 aliphatic carbocycles. The van der Waals surface area contributed by atoms with Gasteiger partial charge in [-0.2, -0.15) is 5.26 Å². The van der Waals surface area contributed by atoms with Crippen LogP contribution in [-0.2, 0) is 21.4 Å². The lowest BCUT2D eigenvalue weighted by atomic mass is 10.2. The van der Waals surface area contributed by atoms with E-state index < -0.39 is 15.9 Å². The molecule has 0 saturated heterocycles. The molecule has 0 bridgehead atoms. The summed E-state index contributed by atoms with van der Waals surface area (Å²) in [5, 5.41) is 8.83. The quantitative estimate of drug-likeness (QED) is 0.660. The fourth-order valence-corrected chi connectivity index (χ4v) is 3.15. The van der Waals surface area contributed by atoms with Crippen LogP contribution in [0, 0.1) is 11.3 Å². The van der Waals surface area contributed by atoms with Crippen LogP contribution in [0.4, 0.5) is 0 Å². The van der Waals surface area contributed by atoms with Crippen molar-refractivity contribution in [2.24, 2.45) is 0 Å². The Kier molecular flexibility index (Phi) is 4.47. The lowest BCUT2D eigenvalue weighted by Crippen LogP contribution is -2.43. The van der Waals surface area contributed by atoms with Crippen molar-refractivity contribution in [2.75, 3.05) is 0 Å². The van der Waals surface area contributed by atoms with Gasteiger partial charge in [-0.1, -0.05) is 18.2 Å². The summed E-state index contributed by atoms with van der Waals surface area (Å²) in [6, 6.07) is 14.6. The molecule has 0 atom stereocenters. The van der Waals surface area contributed by atoms with Crippen LogP contribution in [-0.4, -0.2) is 23.9 Å². The van der Waals surface area contributed by atoms with E-state index in [9.17, 15) is 13.2 Å². The van der Waals surface area contributed by atoms with Gasteiger partial charge in [0.2, 0.25) is 0 Å². The number of fused-ring (bicyclic) bond motifs is 1. The number of sulfonamides is 1. The molecule has 1 amide bonds. The van der Waals surface area contributed by atoms with E-state index in [1.807, 2.05) is 35.2 Å². The van der Waals surface area contributed by atoms with Crippen molar-refractivity contribution in [3.8, 4) is 6.07 Å². The second-order valence-corrected chi connectivity index (χ2v) is 6.84. The maximum atomic E-state index is 12.2. The number of para-hydroxylation sites is 2. The maximum Gasteiger partial charge on any atom is 0.257 e. The van der Waals surface area contributed by atoms with Crippen molar-refractivity contribution in [3.63, 3.8) is 0 Å². The second kappa shape index (κ2) is 6.72. The summed E-state index contributed by atoms with van der Waals surface area (Å²) in [5.41, 5.74) is 3.87. The number of benzene rings is 2. The summed E-state index contributed by atoms with van der Waals surface area (Å²) in [4.78, 5) is 18.1. The summed E-state index contributed by atoms with van der Waals surface area (Å²) < 4.78 is 25.9. The van der Waals surface area contributed by atoms with Gasteiger partial charge in [0.1, 0.15) is 6.54 Å². The Balaban J connectivity index is 1.68. The minimum Gasteiger partial charge on any atom is -0.321 e. The largest absolute Gasteiger partial charge is 0.321 e. The Morgan fingerprint density at radius 3 is 2.80 bits per heavy atom. The van der Waals surface area contributed by atoms with E-state index in [4.69, 9.17) is 5.26 Å². The third kappa shape index (κ3) is 3.65. The second-order valence-electron chi connectivity index (χ2n) is 5.15. The van der Waals surface area contributed by atoms with Crippen LogP contribution in [0.2, 0.25) is 0 Å². The van der Waals surface area contributed by atoms with E-state index in [1.165, 1.54) is 30.6 Å². The molecule has 25 heavy (non-hydrogen) atoms. The normalized spacial score (nSPS) is 11.2. The molecule has 0 fully saturated rings. The number of rotatable bonds is 5. The highest BCUT2D eigenvalue weighted by molar-refractivity contribution is 7.89. The van der Waals surface area contributed by atoms with Gasteiger partial charge in [0.25, 0.3) is 15.9 Å².